The van der Waals surface area contributed by atoms with Crippen LogP contribution in [0, 0.1) is 12.7 Å². The van der Waals surface area contributed by atoms with Gasteiger partial charge in [0.2, 0.25) is 5.91 Å². The highest BCUT2D eigenvalue weighted by Crippen LogP contribution is 2.30. The molecule has 0 bridgehead atoms. The summed E-state index contributed by atoms with van der Waals surface area (Å²) in [5, 5.41) is 2.67. The molecule has 2 N–H and O–H groups in total. The minimum Gasteiger partial charge on any atom is -0.469 e. The van der Waals surface area contributed by atoms with E-state index in [0.29, 0.717) is 35.0 Å². The van der Waals surface area contributed by atoms with Gasteiger partial charge in [0.25, 0.3) is 5.91 Å². The van der Waals surface area contributed by atoms with Gasteiger partial charge in [0.1, 0.15) is 17.4 Å². The molecule has 3 heterocycles. The normalized spacial score (nSPS) is 16.5. The highest BCUT2D eigenvalue weighted by Gasteiger charge is 2.30. The zero-order chi connectivity index (χ0) is 21.1. The molecule has 30 heavy (non-hydrogen) atoms. The Morgan fingerprint density at radius 2 is 2.20 bits per heavy atom. The fourth-order valence-electron chi connectivity index (χ4n) is 3.80. The van der Waals surface area contributed by atoms with Crippen molar-refractivity contribution in [3.63, 3.8) is 0 Å². The number of benzene rings is 1. The number of hydrogen-bond donors (Lipinski definition) is 2. The third kappa shape index (κ3) is 4.12. The first kappa shape index (κ1) is 19.9. The van der Waals surface area contributed by atoms with E-state index in [9.17, 15) is 14.0 Å². The van der Waals surface area contributed by atoms with Crippen molar-refractivity contribution in [2.45, 2.75) is 32.2 Å². The Morgan fingerprint density at radius 3 is 2.97 bits per heavy atom. The van der Waals surface area contributed by atoms with Gasteiger partial charge in [0, 0.05) is 12.1 Å². The molecule has 156 valence electrons. The number of amides is 2. The van der Waals surface area contributed by atoms with Gasteiger partial charge in [-0.1, -0.05) is 12.1 Å². The number of rotatable bonds is 5. The number of imidazole rings is 1. The number of halogens is 1. The Bertz CT molecular complexity index is 1060. The van der Waals surface area contributed by atoms with Crippen molar-refractivity contribution in [2.24, 2.45) is 0 Å². The summed E-state index contributed by atoms with van der Waals surface area (Å²) in [5.41, 5.74) is 1.82. The van der Waals surface area contributed by atoms with Crippen LogP contribution in [0.2, 0.25) is 0 Å². The first-order valence-electron chi connectivity index (χ1n) is 9.95. The van der Waals surface area contributed by atoms with Gasteiger partial charge in [-0.05, 0) is 44.4 Å². The summed E-state index contributed by atoms with van der Waals surface area (Å²) in [4.78, 5) is 34.6. The average Bonchev–Trinajstić information content (AvgIpc) is 3.41. The van der Waals surface area contributed by atoms with Crippen LogP contribution in [-0.4, -0.2) is 39.8 Å². The summed E-state index contributed by atoms with van der Waals surface area (Å²) in [6.07, 6.45) is 5.75. The Kier molecular flexibility index (Phi) is 5.65. The van der Waals surface area contributed by atoms with Crippen LogP contribution in [0.15, 0.2) is 47.2 Å². The van der Waals surface area contributed by atoms with E-state index in [2.05, 4.69) is 15.3 Å². The maximum Gasteiger partial charge on any atom is 0.255 e. The van der Waals surface area contributed by atoms with Gasteiger partial charge in [0.15, 0.2) is 0 Å². The van der Waals surface area contributed by atoms with Crippen LogP contribution in [0.5, 0.6) is 0 Å². The summed E-state index contributed by atoms with van der Waals surface area (Å²) in [7, 11) is 0. The highest BCUT2D eigenvalue weighted by molar-refractivity contribution is 5.97. The molecule has 2 aromatic heterocycles. The van der Waals surface area contributed by atoms with Crippen LogP contribution in [0.25, 0.3) is 11.3 Å². The summed E-state index contributed by atoms with van der Waals surface area (Å²) in [6.45, 7) is 2.20. The fraction of sp³-hybridized carbons (Fsp3) is 0.318. The lowest BCUT2D eigenvalue weighted by atomic mass is 10.0. The van der Waals surface area contributed by atoms with Gasteiger partial charge in [-0.15, -0.1) is 0 Å². The lowest BCUT2D eigenvalue weighted by Gasteiger charge is -2.34. The molecule has 2 amide bonds. The second kappa shape index (κ2) is 8.52. The van der Waals surface area contributed by atoms with Crippen LogP contribution in [-0.2, 0) is 4.79 Å². The number of piperidine rings is 1. The Hall–Kier alpha value is -3.42. The van der Waals surface area contributed by atoms with E-state index in [1.807, 2.05) is 0 Å². The average molecular weight is 410 g/mol. The molecule has 4 rings (SSSR count). The molecular formula is C22H23FN4O3. The molecule has 1 unspecified atom stereocenters. The van der Waals surface area contributed by atoms with Crippen LogP contribution in [0.3, 0.4) is 0 Å². The van der Waals surface area contributed by atoms with E-state index in [1.54, 1.807) is 36.2 Å². The number of furan rings is 1. The van der Waals surface area contributed by atoms with Gasteiger partial charge in [0.05, 0.1) is 36.3 Å². The highest BCUT2D eigenvalue weighted by atomic mass is 19.1. The Labute approximate surface area is 173 Å². The smallest absolute Gasteiger partial charge is 0.255 e. The molecule has 0 saturated carbocycles. The van der Waals surface area contributed by atoms with Crippen molar-refractivity contribution < 1.29 is 18.4 Å². The van der Waals surface area contributed by atoms with E-state index in [0.717, 1.165) is 19.3 Å². The maximum atomic E-state index is 13.5. The molecular weight excluding hydrogens is 387 g/mol. The number of aromatic nitrogens is 2. The largest absolute Gasteiger partial charge is 0.469 e. The molecule has 7 nitrogen and oxygen atoms in total. The van der Waals surface area contributed by atoms with E-state index >= 15 is 0 Å². The van der Waals surface area contributed by atoms with Gasteiger partial charge in [-0.25, -0.2) is 9.37 Å². The molecule has 3 aromatic rings. The van der Waals surface area contributed by atoms with Gasteiger partial charge < -0.3 is 19.6 Å². The van der Waals surface area contributed by atoms with Gasteiger partial charge >= 0.3 is 0 Å². The van der Waals surface area contributed by atoms with Crippen molar-refractivity contribution >= 4 is 11.8 Å². The number of hydrogen-bond acceptors (Lipinski definition) is 4. The molecule has 1 aromatic carbocycles. The summed E-state index contributed by atoms with van der Waals surface area (Å²) >= 11 is 0. The maximum absolute atomic E-state index is 13.5. The van der Waals surface area contributed by atoms with Crippen LogP contribution >= 0.6 is 0 Å². The fourth-order valence-corrected chi connectivity index (χ4v) is 3.80. The molecule has 1 atom stereocenters. The Balaban J connectivity index is 1.46. The molecule has 0 radical (unpaired) electrons. The van der Waals surface area contributed by atoms with Crippen molar-refractivity contribution in [1.29, 1.82) is 0 Å². The summed E-state index contributed by atoms with van der Waals surface area (Å²) in [5.74, 6) is 0.352. The van der Waals surface area contributed by atoms with E-state index < -0.39 is 0 Å². The van der Waals surface area contributed by atoms with E-state index in [4.69, 9.17) is 4.42 Å². The molecule has 1 aliphatic rings. The van der Waals surface area contributed by atoms with Crippen molar-refractivity contribution in [3.8, 4) is 11.3 Å². The van der Waals surface area contributed by atoms with Crippen LogP contribution in [0.1, 0.15) is 47.2 Å². The lowest BCUT2D eigenvalue weighted by molar-refractivity contribution is -0.134. The van der Waals surface area contributed by atoms with E-state index in [1.165, 1.54) is 18.4 Å². The third-order valence-electron chi connectivity index (χ3n) is 5.37. The van der Waals surface area contributed by atoms with E-state index in [-0.39, 0.29) is 30.2 Å². The molecule has 1 aliphatic heterocycles. The number of H-pyrrole nitrogens is 1. The zero-order valence-corrected chi connectivity index (χ0v) is 16.7. The van der Waals surface area contributed by atoms with Crippen LogP contribution < -0.4 is 5.32 Å². The Morgan fingerprint density at radius 1 is 1.33 bits per heavy atom. The minimum absolute atomic E-state index is 0.0998. The first-order chi connectivity index (χ1) is 14.5. The first-order valence-corrected chi connectivity index (χ1v) is 9.95. The predicted molar refractivity (Wildman–Crippen MR) is 108 cm³/mol. The van der Waals surface area contributed by atoms with Crippen molar-refractivity contribution in [1.82, 2.24) is 20.2 Å². The molecule has 0 spiro atoms. The number of nitrogens with zero attached hydrogens (tertiary/aromatic N) is 2. The topological polar surface area (TPSA) is 91.2 Å². The minimum atomic E-state index is -0.338. The lowest BCUT2D eigenvalue weighted by Crippen LogP contribution is -2.44. The number of aryl methyl sites for hydroxylation is 1. The second-order valence-electron chi connectivity index (χ2n) is 7.36. The van der Waals surface area contributed by atoms with Gasteiger partial charge in [-0.2, -0.15) is 0 Å². The quantitative estimate of drug-likeness (QED) is 0.672. The van der Waals surface area contributed by atoms with Crippen molar-refractivity contribution in [3.05, 3.63) is 65.8 Å². The number of likely N-dealkylation sites (tertiary alicyclic amines) is 1. The van der Waals surface area contributed by atoms with Crippen molar-refractivity contribution in [2.75, 3.05) is 13.1 Å². The summed E-state index contributed by atoms with van der Waals surface area (Å²) in [6, 6.07) is 7.65. The summed E-state index contributed by atoms with van der Waals surface area (Å²) < 4.78 is 18.7. The molecule has 0 aliphatic carbocycles. The third-order valence-corrected chi connectivity index (χ3v) is 5.37. The predicted octanol–water partition coefficient (Wildman–Crippen LogP) is 3.60. The molecule has 8 heteroatoms. The number of nitrogens with one attached hydrogen (secondary N) is 2. The van der Waals surface area contributed by atoms with Gasteiger partial charge in [-0.3, -0.25) is 9.59 Å². The second-order valence-corrected chi connectivity index (χ2v) is 7.36. The number of carbonyl (C=O) groups excluding carboxylic acids is 2. The zero-order valence-electron chi connectivity index (χ0n) is 16.7. The van der Waals surface area contributed by atoms with Crippen LogP contribution in [0.4, 0.5) is 4.39 Å². The molecule has 1 fully saturated rings. The number of aromatic amines is 1. The number of carbonyl (C=O) groups is 2. The molecule has 1 saturated heterocycles. The standard InChI is InChI=1S/C22H23FN4O3/c1-14-17(8-10-30-14)22(29)25-13-20(28)27-9-3-2-7-19(27)21-24-12-18(26-21)15-5-4-6-16(23)11-15/h4-6,8,10-12,19H,2-3,7,9,13H2,1H3,(H,24,26)(H,25,29). The SMILES string of the molecule is Cc1occc1C(=O)NCC(=O)N1CCCCC1c1ncc(-c2cccc(F)c2)[nH]1. The monoisotopic (exact) mass is 410 g/mol.